The normalized spacial score (nSPS) is 15.7. The van der Waals surface area contributed by atoms with Gasteiger partial charge in [0.1, 0.15) is 0 Å². The van der Waals surface area contributed by atoms with Crippen LogP contribution in [0.3, 0.4) is 0 Å². The summed E-state index contributed by atoms with van der Waals surface area (Å²) in [7, 11) is 2.22. The Morgan fingerprint density at radius 1 is 1.08 bits per heavy atom. The Morgan fingerprint density at radius 3 is 2.62 bits per heavy atom. The SMILES string of the molecule is CC=C(c1ccccc1)n1c2c(c3cc(C)ccc31)CN(C)CC2. The molecule has 0 radical (unpaired) electrons. The number of fused-ring (bicyclic) bond motifs is 3. The van der Waals surface area contributed by atoms with Crippen LogP contribution in [-0.2, 0) is 13.0 Å². The van der Waals surface area contributed by atoms with Crippen molar-refractivity contribution in [1.82, 2.24) is 9.47 Å². The van der Waals surface area contributed by atoms with Crippen LogP contribution in [0.15, 0.2) is 54.6 Å². The average Bonchev–Trinajstić information content (AvgIpc) is 2.90. The van der Waals surface area contributed by atoms with Crippen LogP contribution in [-0.4, -0.2) is 23.1 Å². The summed E-state index contributed by atoms with van der Waals surface area (Å²) >= 11 is 0. The predicted octanol–water partition coefficient (Wildman–Crippen LogP) is 4.85. The number of allylic oxidation sites excluding steroid dienone is 1. The molecular weight excluding hydrogens is 292 g/mol. The lowest BCUT2D eigenvalue weighted by Gasteiger charge is -2.25. The van der Waals surface area contributed by atoms with Crippen LogP contribution in [0.5, 0.6) is 0 Å². The third-order valence-electron chi connectivity index (χ3n) is 5.08. The molecule has 1 aliphatic heterocycles. The number of likely N-dealkylation sites (N-methyl/N-ethyl adjacent to an activating group) is 1. The van der Waals surface area contributed by atoms with Gasteiger partial charge in [0.2, 0.25) is 0 Å². The largest absolute Gasteiger partial charge is 0.313 e. The fourth-order valence-electron chi connectivity index (χ4n) is 3.92. The van der Waals surface area contributed by atoms with Gasteiger partial charge in [0.15, 0.2) is 0 Å². The van der Waals surface area contributed by atoms with E-state index in [0.29, 0.717) is 0 Å². The monoisotopic (exact) mass is 316 g/mol. The molecule has 122 valence electrons. The summed E-state index contributed by atoms with van der Waals surface area (Å²) in [5, 5.41) is 1.41. The van der Waals surface area contributed by atoms with Crippen molar-refractivity contribution in [2.24, 2.45) is 0 Å². The van der Waals surface area contributed by atoms with Crippen molar-refractivity contribution in [2.75, 3.05) is 13.6 Å². The topological polar surface area (TPSA) is 8.17 Å². The highest BCUT2D eigenvalue weighted by molar-refractivity contribution is 5.91. The van der Waals surface area contributed by atoms with Crippen molar-refractivity contribution in [3.8, 4) is 0 Å². The molecule has 0 saturated carbocycles. The summed E-state index contributed by atoms with van der Waals surface area (Å²) in [4.78, 5) is 2.42. The molecule has 2 heterocycles. The van der Waals surface area contributed by atoms with E-state index in [0.717, 1.165) is 19.5 Å². The Labute approximate surface area is 144 Å². The van der Waals surface area contributed by atoms with Gasteiger partial charge in [-0.3, -0.25) is 0 Å². The summed E-state index contributed by atoms with van der Waals surface area (Å²) in [6.45, 7) is 6.48. The van der Waals surface area contributed by atoms with E-state index in [1.165, 1.54) is 39.0 Å². The van der Waals surface area contributed by atoms with Crippen molar-refractivity contribution in [2.45, 2.75) is 26.8 Å². The van der Waals surface area contributed by atoms with Gasteiger partial charge in [-0.05, 0) is 44.2 Å². The van der Waals surface area contributed by atoms with Crippen LogP contribution in [0.2, 0.25) is 0 Å². The lowest BCUT2D eigenvalue weighted by atomic mass is 10.0. The number of rotatable bonds is 2. The van der Waals surface area contributed by atoms with Crippen LogP contribution in [0.4, 0.5) is 0 Å². The van der Waals surface area contributed by atoms with Crippen LogP contribution in [0, 0.1) is 6.92 Å². The molecule has 3 aromatic rings. The molecule has 0 aliphatic carbocycles. The van der Waals surface area contributed by atoms with E-state index >= 15 is 0 Å². The molecule has 1 aromatic heterocycles. The molecule has 24 heavy (non-hydrogen) atoms. The Kier molecular flexibility index (Phi) is 3.78. The Morgan fingerprint density at radius 2 is 1.88 bits per heavy atom. The average molecular weight is 316 g/mol. The fourth-order valence-corrected chi connectivity index (χ4v) is 3.92. The first-order chi connectivity index (χ1) is 11.7. The number of nitrogens with zero attached hydrogens (tertiary/aromatic N) is 2. The van der Waals surface area contributed by atoms with Gasteiger partial charge in [0, 0.05) is 36.3 Å². The third-order valence-corrected chi connectivity index (χ3v) is 5.08. The zero-order valence-electron chi connectivity index (χ0n) is 14.7. The molecule has 0 unspecified atom stereocenters. The van der Waals surface area contributed by atoms with E-state index in [9.17, 15) is 0 Å². The number of aromatic nitrogens is 1. The van der Waals surface area contributed by atoms with Gasteiger partial charge >= 0.3 is 0 Å². The molecule has 1 aliphatic rings. The van der Waals surface area contributed by atoms with Crippen molar-refractivity contribution >= 4 is 16.6 Å². The second-order valence-corrected chi connectivity index (χ2v) is 6.81. The minimum Gasteiger partial charge on any atom is -0.313 e. The zero-order chi connectivity index (χ0) is 16.7. The number of hydrogen-bond donors (Lipinski definition) is 0. The van der Waals surface area contributed by atoms with Crippen molar-refractivity contribution in [1.29, 1.82) is 0 Å². The molecule has 2 aromatic carbocycles. The summed E-state index contributed by atoms with van der Waals surface area (Å²) < 4.78 is 2.49. The second kappa shape index (κ2) is 5.95. The van der Waals surface area contributed by atoms with Crippen molar-refractivity contribution in [3.63, 3.8) is 0 Å². The molecule has 2 nitrogen and oxygen atoms in total. The molecule has 0 N–H and O–H groups in total. The molecule has 0 saturated heterocycles. The van der Waals surface area contributed by atoms with Gasteiger partial charge in [-0.25, -0.2) is 0 Å². The molecule has 0 amide bonds. The van der Waals surface area contributed by atoms with Gasteiger partial charge in [-0.2, -0.15) is 0 Å². The van der Waals surface area contributed by atoms with E-state index in [2.05, 4.69) is 85.0 Å². The Bertz CT molecular complexity index is 916. The van der Waals surface area contributed by atoms with Gasteiger partial charge in [-0.1, -0.05) is 48.0 Å². The Hall–Kier alpha value is -2.32. The van der Waals surface area contributed by atoms with Gasteiger partial charge in [0.25, 0.3) is 0 Å². The van der Waals surface area contributed by atoms with E-state index in [1.807, 2.05) is 0 Å². The van der Waals surface area contributed by atoms with Crippen LogP contribution in [0.1, 0.15) is 29.3 Å². The van der Waals surface area contributed by atoms with Crippen molar-refractivity contribution < 1.29 is 0 Å². The predicted molar refractivity (Wildman–Crippen MR) is 102 cm³/mol. The van der Waals surface area contributed by atoms with E-state index < -0.39 is 0 Å². The summed E-state index contributed by atoms with van der Waals surface area (Å²) in [5.74, 6) is 0. The quantitative estimate of drug-likeness (QED) is 0.656. The highest BCUT2D eigenvalue weighted by Crippen LogP contribution is 2.35. The molecule has 0 atom stereocenters. The number of aryl methyl sites for hydroxylation is 1. The summed E-state index contributed by atoms with van der Waals surface area (Å²) in [6, 6.07) is 17.6. The lowest BCUT2D eigenvalue weighted by molar-refractivity contribution is 0.311. The summed E-state index contributed by atoms with van der Waals surface area (Å²) in [5.41, 5.74) is 8.20. The highest BCUT2D eigenvalue weighted by Gasteiger charge is 2.24. The Balaban J connectivity index is 2.02. The van der Waals surface area contributed by atoms with Crippen LogP contribution in [0.25, 0.3) is 16.6 Å². The molecular formula is C22H24N2. The zero-order valence-corrected chi connectivity index (χ0v) is 14.7. The van der Waals surface area contributed by atoms with Gasteiger partial charge in [-0.15, -0.1) is 0 Å². The molecule has 0 spiro atoms. The third kappa shape index (κ3) is 2.38. The van der Waals surface area contributed by atoms with Crippen LogP contribution >= 0.6 is 0 Å². The molecule has 4 rings (SSSR count). The van der Waals surface area contributed by atoms with Gasteiger partial charge < -0.3 is 9.47 Å². The van der Waals surface area contributed by atoms with E-state index in [4.69, 9.17) is 0 Å². The van der Waals surface area contributed by atoms with E-state index in [1.54, 1.807) is 0 Å². The first-order valence-electron chi connectivity index (χ1n) is 8.72. The number of hydrogen-bond acceptors (Lipinski definition) is 1. The van der Waals surface area contributed by atoms with Gasteiger partial charge in [0.05, 0.1) is 5.52 Å². The maximum Gasteiger partial charge on any atom is 0.0535 e. The van der Waals surface area contributed by atoms with Crippen molar-refractivity contribution in [3.05, 3.63) is 77.0 Å². The highest BCUT2D eigenvalue weighted by atomic mass is 15.1. The molecule has 0 fully saturated rings. The number of benzene rings is 2. The fraction of sp³-hybridized carbons (Fsp3) is 0.273. The molecule has 0 bridgehead atoms. The first kappa shape index (κ1) is 15.2. The minimum atomic E-state index is 1.04. The lowest BCUT2D eigenvalue weighted by Crippen LogP contribution is -2.27. The molecule has 2 heteroatoms. The smallest absolute Gasteiger partial charge is 0.0535 e. The van der Waals surface area contributed by atoms with Crippen LogP contribution < -0.4 is 0 Å². The maximum absolute atomic E-state index is 2.49. The minimum absolute atomic E-state index is 1.04. The standard InChI is InChI=1S/C22H24N2/c1-4-20(17-8-6-5-7-9-17)24-21-11-10-16(2)14-18(21)19-15-23(3)13-12-22(19)24/h4-11,14H,12-13,15H2,1-3H3. The maximum atomic E-state index is 2.49. The first-order valence-corrected chi connectivity index (χ1v) is 8.72. The second-order valence-electron chi connectivity index (χ2n) is 6.81. The summed E-state index contributed by atoms with van der Waals surface area (Å²) in [6.07, 6.45) is 3.34. The van der Waals surface area contributed by atoms with E-state index in [-0.39, 0.29) is 0 Å².